The van der Waals surface area contributed by atoms with Crippen LogP contribution in [0.2, 0.25) is 0 Å². The van der Waals surface area contributed by atoms with Crippen LogP contribution in [0.5, 0.6) is 0 Å². The lowest BCUT2D eigenvalue weighted by atomic mass is 10.1. The predicted octanol–water partition coefficient (Wildman–Crippen LogP) is 3.25. The highest BCUT2D eigenvalue weighted by molar-refractivity contribution is 14.0. The molecule has 1 N–H and O–H groups in total. The topological polar surface area (TPSA) is 46.1 Å². The lowest BCUT2D eigenvalue weighted by molar-refractivity contribution is -0.0817. The molecular weight excluding hydrogens is 453 g/mol. The highest BCUT2D eigenvalue weighted by Gasteiger charge is 2.32. The number of morpholine rings is 1. The van der Waals surface area contributed by atoms with E-state index in [0.29, 0.717) is 0 Å². The molecular formula is C21H34IN3O2. The van der Waals surface area contributed by atoms with Crippen LogP contribution in [0.1, 0.15) is 37.8 Å². The van der Waals surface area contributed by atoms with Crippen molar-refractivity contribution in [1.82, 2.24) is 10.2 Å². The largest absolute Gasteiger partial charge is 0.375 e. The quantitative estimate of drug-likeness (QED) is 0.380. The van der Waals surface area contributed by atoms with Crippen LogP contribution < -0.4 is 5.32 Å². The number of aryl methyl sites for hydroxylation is 1. The third-order valence-electron chi connectivity index (χ3n) is 5.20. The van der Waals surface area contributed by atoms with Crippen LogP contribution >= 0.6 is 24.0 Å². The van der Waals surface area contributed by atoms with E-state index in [-0.39, 0.29) is 36.2 Å². The first-order valence-electron chi connectivity index (χ1n) is 10.1. The number of nitrogens with zero attached hydrogens (tertiary/aromatic N) is 2. The standard InChI is InChI=1S/C21H33N3O2.HI/c1-3-17-7-9-18(10-8-17)11-12-23-21(22-4-2)24-13-15-26-20(16-24)19-6-5-14-25-19;/h7-10,19-20H,3-6,11-16H2,1-2H3,(H,22,23);1H. The fourth-order valence-corrected chi connectivity index (χ4v) is 3.65. The summed E-state index contributed by atoms with van der Waals surface area (Å²) in [6.45, 7) is 9.36. The molecule has 0 radical (unpaired) electrons. The van der Waals surface area contributed by atoms with Crippen LogP contribution in [0, 0.1) is 0 Å². The molecule has 0 saturated carbocycles. The van der Waals surface area contributed by atoms with Gasteiger partial charge in [0.15, 0.2) is 5.96 Å². The molecule has 2 aliphatic heterocycles. The Bertz CT molecular complexity index is 573. The van der Waals surface area contributed by atoms with Crippen LogP contribution in [0.3, 0.4) is 0 Å². The number of rotatable bonds is 6. The molecule has 2 saturated heterocycles. The van der Waals surface area contributed by atoms with Crippen LogP contribution in [-0.2, 0) is 22.3 Å². The molecule has 1 aromatic rings. The minimum atomic E-state index is 0. The zero-order valence-corrected chi connectivity index (χ0v) is 19.0. The highest BCUT2D eigenvalue weighted by Crippen LogP contribution is 2.21. The maximum absolute atomic E-state index is 5.97. The summed E-state index contributed by atoms with van der Waals surface area (Å²) in [6, 6.07) is 8.89. The number of aliphatic imine (C=N–C) groups is 1. The molecule has 27 heavy (non-hydrogen) atoms. The van der Waals surface area contributed by atoms with Gasteiger partial charge >= 0.3 is 0 Å². The number of halogens is 1. The van der Waals surface area contributed by atoms with Gasteiger partial charge in [-0.3, -0.25) is 4.99 Å². The molecule has 0 spiro atoms. The Kier molecular flexibility index (Phi) is 9.86. The third-order valence-corrected chi connectivity index (χ3v) is 5.20. The molecule has 3 rings (SSSR count). The van der Waals surface area contributed by atoms with Crippen molar-refractivity contribution in [3.63, 3.8) is 0 Å². The highest BCUT2D eigenvalue weighted by atomic mass is 127. The van der Waals surface area contributed by atoms with Crippen LogP contribution in [0.25, 0.3) is 0 Å². The van der Waals surface area contributed by atoms with Crippen LogP contribution in [0.15, 0.2) is 29.3 Å². The fraction of sp³-hybridized carbons (Fsp3) is 0.667. The molecule has 0 aliphatic carbocycles. The summed E-state index contributed by atoms with van der Waals surface area (Å²) >= 11 is 0. The molecule has 6 heteroatoms. The second kappa shape index (κ2) is 11.9. The van der Waals surface area contributed by atoms with Crippen molar-refractivity contribution in [3.05, 3.63) is 35.4 Å². The van der Waals surface area contributed by atoms with Gasteiger partial charge in [-0.2, -0.15) is 0 Å². The van der Waals surface area contributed by atoms with Gasteiger partial charge in [0, 0.05) is 32.8 Å². The van der Waals surface area contributed by atoms with Crippen molar-refractivity contribution in [2.75, 3.05) is 39.4 Å². The summed E-state index contributed by atoms with van der Waals surface area (Å²) in [7, 11) is 0. The molecule has 1 aromatic carbocycles. The van der Waals surface area contributed by atoms with Crippen LogP contribution in [-0.4, -0.2) is 62.5 Å². The van der Waals surface area contributed by atoms with E-state index < -0.39 is 0 Å². The maximum Gasteiger partial charge on any atom is 0.194 e. The van der Waals surface area contributed by atoms with Gasteiger partial charge in [0.25, 0.3) is 0 Å². The van der Waals surface area contributed by atoms with E-state index >= 15 is 0 Å². The Labute approximate surface area is 180 Å². The number of benzene rings is 1. The van der Waals surface area contributed by atoms with Gasteiger partial charge in [0.1, 0.15) is 6.10 Å². The summed E-state index contributed by atoms with van der Waals surface area (Å²) in [4.78, 5) is 7.20. The minimum Gasteiger partial charge on any atom is -0.375 e. The molecule has 2 atom stereocenters. The number of guanidine groups is 1. The van der Waals surface area contributed by atoms with E-state index in [0.717, 1.165) is 71.0 Å². The van der Waals surface area contributed by atoms with Crippen molar-refractivity contribution >= 4 is 29.9 Å². The van der Waals surface area contributed by atoms with Gasteiger partial charge in [-0.25, -0.2) is 0 Å². The lowest BCUT2D eigenvalue weighted by Gasteiger charge is -2.37. The Morgan fingerprint density at radius 3 is 2.52 bits per heavy atom. The average molecular weight is 487 g/mol. The molecule has 0 bridgehead atoms. The van der Waals surface area contributed by atoms with Gasteiger partial charge in [-0.05, 0) is 43.7 Å². The van der Waals surface area contributed by atoms with Crippen molar-refractivity contribution < 1.29 is 9.47 Å². The number of hydrogen-bond donors (Lipinski definition) is 1. The van der Waals surface area contributed by atoms with E-state index in [4.69, 9.17) is 14.5 Å². The number of ether oxygens (including phenoxy) is 2. The first-order valence-corrected chi connectivity index (χ1v) is 10.1. The first-order chi connectivity index (χ1) is 12.8. The second-order valence-electron chi connectivity index (χ2n) is 7.06. The van der Waals surface area contributed by atoms with E-state index in [9.17, 15) is 0 Å². The normalized spacial score (nSPS) is 23.2. The van der Waals surface area contributed by atoms with Crippen molar-refractivity contribution in [2.45, 2.75) is 51.7 Å². The molecule has 2 heterocycles. The molecule has 2 fully saturated rings. The molecule has 0 amide bonds. The van der Waals surface area contributed by atoms with Crippen molar-refractivity contribution in [1.29, 1.82) is 0 Å². The zero-order chi connectivity index (χ0) is 18.2. The lowest BCUT2D eigenvalue weighted by Crippen LogP contribution is -2.53. The van der Waals surface area contributed by atoms with E-state index in [1.165, 1.54) is 11.1 Å². The van der Waals surface area contributed by atoms with Crippen molar-refractivity contribution in [2.24, 2.45) is 4.99 Å². The second-order valence-corrected chi connectivity index (χ2v) is 7.06. The minimum absolute atomic E-state index is 0. The SMILES string of the molecule is CCNC(=NCCc1ccc(CC)cc1)N1CCOC(C2CCCO2)C1.I. The Balaban J connectivity index is 0.00000261. The average Bonchev–Trinajstić information content (AvgIpc) is 3.23. The maximum atomic E-state index is 5.97. The predicted molar refractivity (Wildman–Crippen MR) is 121 cm³/mol. The molecule has 152 valence electrons. The zero-order valence-electron chi connectivity index (χ0n) is 16.7. The third kappa shape index (κ3) is 6.61. The fourth-order valence-electron chi connectivity index (χ4n) is 3.65. The van der Waals surface area contributed by atoms with E-state index in [1.54, 1.807) is 0 Å². The van der Waals surface area contributed by atoms with Gasteiger partial charge in [-0.1, -0.05) is 31.2 Å². The van der Waals surface area contributed by atoms with Gasteiger partial charge in [-0.15, -0.1) is 24.0 Å². The van der Waals surface area contributed by atoms with E-state index in [1.807, 2.05) is 0 Å². The molecule has 0 aromatic heterocycles. The molecule has 5 nitrogen and oxygen atoms in total. The Morgan fingerprint density at radius 1 is 1.11 bits per heavy atom. The summed E-state index contributed by atoms with van der Waals surface area (Å²) in [5.41, 5.74) is 2.74. The molecule has 2 aliphatic rings. The van der Waals surface area contributed by atoms with Gasteiger partial charge in [0.05, 0.1) is 12.7 Å². The Hall–Kier alpha value is -0.860. The first kappa shape index (κ1) is 22.4. The number of hydrogen-bond acceptors (Lipinski definition) is 3. The van der Waals surface area contributed by atoms with Gasteiger partial charge in [0.2, 0.25) is 0 Å². The summed E-state index contributed by atoms with van der Waals surface area (Å²) < 4.78 is 11.8. The Morgan fingerprint density at radius 2 is 1.85 bits per heavy atom. The van der Waals surface area contributed by atoms with Crippen molar-refractivity contribution in [3.8, 4) is 0 Å². The summed E-state index contributed by atoms with van der Waals surface area (Å²) in [6.07, 6.45) is 4.73. The molecule has 2 unspecified atom stereocenters. The van der Waals surface area contributed by atoms with Gasteiger partial charge < -0.3 is 19.7 Å². The van der Waals surface area contributed by atoms with E-state index in [2.05, 4.69) is 48.3 Å². The smallest absolute Gasteiger partial charge is 0.194 e. The van der Waals surface area contributed by atoms with Crippen LogP contribution in [0.4, 0.5) is 0 Å². The number of nitrogens with one attached hydrogen (secondary N) is 1. The monoisotopic (exact) mass is 487 g/mol. The summed E-state index contributed by atoms with van der Waals surface area (Å²) in [5.74, 6) is 1.00. The summed E-state index contributed by atoms with van der Waals surface area (Å²) in [5, 5.41) is 3.45.